The molecule has 0 aliphatic carbocycles. The summed E-state index contributed by atoms with van der Waals surface area (Å²) in [4.78, 5) is 0. The van der Waals surface area contributed by atoms with Crippen molar-refractivity contribution >= 4 is 9.84 Å². The number of hydrogen-bond donors (Lipinski definition) is 0. The van der Waals surface area contributed by atoms with Gasteiger partial charge in [0.05, 0.1) is 5.69 Å². The number of rotatable bonds is 4. The van der Waals surface area contributed by atoms with E-state index in [-0.39, 0.29) is 10.9 Å². The van der Waals surface area contributed by atoms with Crippen molar-refractivity contribution in [1.29, 1.82) is 0 Å². The molecule has 3 heterocycles. The molecule has 0 amide bonds. The zero-order valence-corrected chi connectivity index (χ0v) is 14.4. The fraction of sp³-hybridized carbons (Fsp3) is 0.353. The van der Waals surface area contributed by atoms with Crippen molar-refractivity contribution in [3.05, 3.63) is 47.9 Å². The summed E-state index contributed by atoms with van der Waals surface area (Å²) < 4.78 is 32.6. The molecule has 0 unspecified atom stereocenters. The molecule has 0 N–H and O–H groups in total. The fourth-order valence-corrected chi connectivity index (χ4v) is 4.42. The summed E-state index contributed by atoms with van der Waals surface area (Å²) in [6.45, 7) is 0.644. The lowest BCUT2D eigenvalue weighted by Gasteiger charge is -2.06. The van der Waals surface area contributed by atoms with Gasteiger partial charge in [0, 0.05) is 24.6 Å². The fourth-order valence-electron chi connectivity index (χ4n) is 3.07. The summed E-state index contributed by atoms with van der Waals surface area (Å²) in [6.07, 6.45) is 3.80. The predicted molar refractivity (Wildman–Crippen MR) is 90.4 cm³/mol. The lowest BCUT2D eigenvalue weighted by atomic mass is 10.2. The number of fused-ring (bicyclic) bond motifs is 1. The third kappa shape index (κ3) is 3.21. The summed E-state index contributed by atoms with van der Waals surface area (Å²) in [5.41, 5.74) is 1.22. The lowest BCUT2D eigenvalue weighted by molar-refractivity contribution is 0.425. The van der Waals surface area contributed by atoms with Gasteiger partial charge >= 0.3 is 0 Å². The van der Waals surface area contributed by atoms with Crippen molar-refractivity contribution in [2.75, 3.05) is 0 Å². The van der Waals surface area contributed by atoms with Crippen molar-refractivity contribution < 1.29 is 12.9 Å². The summed E-state index contributed by atoms with van der Waals surface area (Å²) in [6, 6.07) is 11.1. The van der Waals surface area contributed by atoms with Gasteiger partial charge in [0.15, 0.2) is 5.76 Å². The van der Waals surface area contributed by atoms with Crippen LogP contribution in [0.4, 0.5) is 0 Å². The van der Waals surface area contributed by atoms with Crippen LogP contribution in [0.2, 0.25) is 0 Å². The van der Waals surface area contributed by atoms with E-state index in [2.05, 4.69) is 15.4 Å². The topological polar surface area (TPSA) is 90.9 Å². The maximum Gasteiger partial charge on any atom is 0.250 e. The summed E-state index contributed by atoms with van der Waals surface area (Å²) >= 11 is 0. The molecule has 1 aromatic carbocycles. The zero-order valence-electron chi connectivity index (χ0n) is 13.6. The van der Waals surface area contributed by atoms with E-state index in [0.717, 1.165) is 37.1 Å². The third-order valence-corrected chi connectivity index (χ3v) is 5.84. The molecule has 0 spiro atoms. The average Bonchev–Trinajstić information content (AvgIpc) is 3.17. The first-order valence-corrected chi connectivity index (χ1v) is 9.94. The lowest BCUT2D eigenvalue weighted by Crippen LogP contribution is -2.14. The Morgan fingerprint density at radius 2 is 1.92 bits per heavy atom. The monoisotopic (exact) mass is 358 g/mol. The summed E-state index contributed by atoms with van der Waals surface area (Å²) in [5, 5.41) is 11.9. The van der Waals surface area contributed by atoms with Gasteiger partial charge in [0.1, 0.15) is 11.6 Å². The quantitative estimate of drug-likeness (QED) is 0.712. The smallest absolute Gasteiger partial charge is 0.250 e. The van der Waals surface area contributed by atoms with E-state index in [4.69, 9.17) is 4.52 Å². The van der Waals surface area contributed by atoms with Gasteiger partial charge in [-0.1, -0.05) is 41.9 Å². The van der Waals surface area contributed by atoms with Gasteiger partial charge in [0.25, 0.3) is 0 Å². The van der Waals surface area contributed by atoms with Gasteiger partial charge in [-0.15, -0.1) is 10.2 Å². The van der Waals surface area contributed by atoms with Crippen LogP contribution < -0.4 is 0 Å². The minimum Gasteiger partial charge on any atom is -0.356 e. The number of benzene rings is 1. The molecule has 2 aromatic heterocycles. The highest BCUT2D eigenvalue weighted by Gasteiger charge is 2.27. The third-order valence-electron chi connectivity index (χ3n) is 4.31. The highest BCUT2D eigenvalue weighted by atomic mass is 32.2. The van der Waals surface area contributed by atoms with Crippen molar-refractivity contribution in [3.8, 4) is 11.3 Å². The molecule has 0 bridgehead atoms. The van der Waals surface area contributed by atoms with Gasteiger partial charge in [-0.05, 0) is 12.8 Å². The maximum absolute atomic E-state index is 12.8. The van der Waals surface area contributed by atoms with Gasteiger partial charge < -0.3 is 9.09 Å². The molecule has 0 atom stereocenters. The first kappa shape index (κ1) is 16.0. The minimum absolute atomic E-state index is 0.0358. The Morgan fingerprint density at radius 1 is 1.08 bits per heavy atom. The largest absolute Gasteiger partial charge is 0.356 e. The average molecular weight is 358 g/mol. The van der Waals surface area contributed by atoms with E-state index in [0.29, 0.717) is 18.0 Å². The number of aromatic nitrogens is 4. The van der Waals surface area contributed by atoms with Crippen LogP contribution >= 0.6 is 0 Å². The van der Waals surface area contributed by atoms with Crippen LogP contribution in [0.1, 0.15) is 30.8 Å². The van der Waals surface area contributed by atoms with E-state index in [1.807, 2.05) is 30.3 Å². The highest BCUT2D eigenvalue weighted by molar-refractivity contribution is 7.90. The van der Waals surface area contributed by atoms with Crippen molar-refractivity contribution in [1.82, 2.24) is 19.9 Å². The molecule has 8 heteroatoms. The van der Waals surface area contributed by atoms with Gasteiger partial charge in [-0.2, -0.15) is 0 Å². The molecule has 0 radical (unpaired) electrons. The Kier molecular flexibility index (Phi) is 4.12. The minimum atomic E-state index is -3.63. The van der Waals surface area contributed by atoms with Crippen LogP contribution in [0.25, 0.3) is 11.3 Å². The summed E-state index contributed by atoms with van der Waals surface area (Å²) in [5.74, 6) is 1.05. The predicted octanol–water partition coefficient (Wildman–Crippen LogP) is 2.63. The van der Waals surface area contributed by atoms with Crippen molar-refractivity contribution in [3.63, 3.8) is 0 Å². The normalized spacial score (nSPS) is 14.9. The van der Waals surface area contributed by atoms with Crippen LogP contribution in [0, 0.1) is 0 Å². The Morgan fingerprint density at radius 3 is 2.76 bits per heavy atom. The molecule has 0 fully saturated rings. The first-order chi connectivity index (χ1) is 12.1. The molecule has 1 aliphatic rings. The molecule has 0 saturated carbocycles. The zero-order chi connectivity index (χ0) is 17.3. The molecule has 3 aromatic rings. The van der Waals surface area contributed by atoms with E-state index >= 15 is 0 Å². The number of aryl methyl sites for hydroxylation is 1. The summed E-state index contributed by atoms with van der Waals surface area (Å²) in [7, 11) is -3.63. The van der Waals surface area contributed by atoms with Crippen LogP contribution in [0.15, 0.2) is 46.1 Å². The van der Waals surface area contributed by atoms with Crippen molar-refractivity contribution in [2.24, 2.45) is 0 Å². The van der Waals surface area contributed by atoms with Gasteiger partial charge in [0.2, 0.25) is 15.0 Å². The molecular weight excluding hydrogens is 340 g/mol. The molecule has 25 heavy (non-hydrogen) atoms. The molecule has 1 aliphatic heterocycles. The highest BCUT2D eigenvalue weighted by Crippen LogP contribution is 2.23. The standard InChI is InChI=1S/C17H18N4O3S/c22-25(23,17-19-18-16-9-5-2-6-10-21(16)17)12-14-11-15(24-20-14)13-7-3-1-4-8-13/h1,3-4,7-8,11H,2,5-6,9-10,12H2. The van der Waals surface area contributed by atoms with Crippen molar-refractivity contribution in [2.45, 2.75) is 43.1 Å². The van der Waals surface area contributed by atoms with E-state index in [1.54, 1.807) is 10.6 Å². The van der Waals surface area contributed by atoms with E-state index < -0.39 is 9.84 Å². The molecule has 7 nitrogen and oxygen atoms in total. The second-order valence-corrected chi connectivity index (χ2v) is 8.05. The Bertz CT molecular complexity index is 977. The Balaban J connectivity index is 1.60. The second kappa shape index (κ2) is 6.44. The van der Waals surface area contributed by atoms with Crippen LogP contribution in [0.5, 0.6) is 0 Å². The molecule has 0 saturated heterocycles. The number of sulfone groups is 1. The molecule has 4 rings (SSSR count). The van der Waals surface area contributed by atoms with Crippen LogP contribution in [-0.4, -0.2) is 28.3 Å². The van der Waals surface area contributed by atoms with E-state index in [1.165, 1.54) is 0 Å². The number of hydrogen-bond acceptors (Lipinski definition) is 6. The van der Waals surface area contributed by atoms with E-state index in [9.17, 15) is 8.42 Å². The molecular formula is C17H18N4O3S. The maximum atomic E-state index is 12.8. The second-order valence-electron chi connectivity index (χ2n) is 6.17. The Hall–Kier alpha value is -2.48. The van der Waals surface area contributed by atoms with Crippen LogP contribution in [-0.2, 0) is 28.6 Å². The van der Waals surface area contributed by atoms with Gasteiger partial charge in [-0.25, -0.2) is 8.42 Å². The first-order valence-electron chi connectivity index (χ1n) is 8.29. The SMILES string of the molecule is O=S(=O)(Cc1cc(-c2ccccc2)on1)c1nnc2n1CCCCC2. The molecule has 130 valence electrons. The number of nitrogens with zero attached hydrogens (tertiary/aromatic N) is 4. The Labute approximate surface area is 145 Å². The van der Waals surface area contributed by atoms with Crippen LogP contribution in [0.3, 0.4) is 0 Å². The van der Waals surface area contributed by atoms with Gasteiger partial charge in [-0.3, -0.25) is 0 Å².